The van der Waals surface area contributed by atoms with Gasteiger partial charge in [0, 0.05) is 5.12 Å². The Bertz CT molecular complexity index is 857. The van der Waals surface area contributed by atoms with Crippen LogP contribution in [-0.4, -0.2) is 0 Å². The van der Waals surface area contributed by atoms with E-state index >= 15 is 0 Å². The van der Waals surface area contributed by atoms with Crippen LogP contribution in [0.1, 0.15) is 0 Å². The van der Waals surface area contributed by atoms with Gasteiger partial charge in [0.05, 0.1) is 0 Å². The normalized spacial score (nSPS) is 11.6. The Kier molecular flexibility index (Phi) is 2.43. The topological polar surface area (TPSA) is 0 Å². The smallest absolute Gasteiger partial charge is 0.00723 e. The van der Waals surface area contributed by atoms with Gasteiger partial charge in [0.25, 0.3) is 0 Å². The fourth-order valence-electron chi connectivity index (χ4n) is 2.73. The third-order valence-corrected chi connectivity index (χ3v) is 5.12. The molecule has 0 aliphatic carbocycles. The molecular weight excluding hydrogens is 247 g/mol. The molecule has 0 aliphatic rings. The van der Waals surface area contributed by atoms with Crippen molar-refractivity contribution in [2.75, 3.05) is 0 Å². The zero-order chi connectivity index (χ0) is 12.7. The molecule has 3 aromatic carbocycles. The second-order valence-corrected chi connectivity index (χ2v) is 6.05. The molecule has 4 aromatic rings. The van der Waals surface area contributed by atoms with E-state index in [-0.39, 0.29) is 0 Å². The highest BCUT2D eigenvalue weighted by Gasteiger charge is 2.07. The first kappa shape index (κ1) is 10.8. The zero-order valence-corrected chi connectivity index (χ0v) is 11.4. The minimum absolute atomic E-state index is 0.775. The van der Waals surface area contributed by atoms with Crippen molar-refractivity contribution >= 4 is 29.2 Å². The maximum atomic E-state index is 2.25. The molecule has 0 saturated carbocycles. The summed E-state index contributed by atoms with van der Waals surface area (Å²) in [6.45, 7) is 0. The van der Waals surface area contributed by atoms with E-state index in [1.165, 1.54) is 32.1 Å². The van der Waals surface area contributed by atoms with Gasteiger partial charge in [-0.15, -0.1) is 8.19 Å². The van der Waals surface area contributed by atoms with Crippen LogP contribution in [0.5, 0.6) is 0 Å². The highest BCUT2D eigenvalue weighted by molar-refractivity contribution is 7.44. The maximum Gasteiger partial charge on any atom is 0.00723 e. The standard InChI is InChI=1S/C18H13P/c1-2-7-13(8-3-1)14-10-6-11-16-15-9-4-5-12-17(15)19-18(14)16/h1-12,19H. The average molecular weight is 260 g/mol. The molecule has 0 radical (unpaired) electrons. The van der Waals surface area contributed by atoms with Crippen LogP contribution in [0.2, 0.25) is 0 Å². The van der Waals surface area contributed by atoms with Crippen LogP contribution in [0.3, 0.4) is 0 Å². The van der Waals surface area contributed by atoms with E-state index in [1.807, 2.05) is 0 Å². The minimum Gasteiger partial charge on any atom is -0.123 e. The highest BCUT2D eigenvalue weighted by atomic mass is 31.0. The molecular formula is C18H13P. The van der Waals surface area contributed by atoms with Gasteiger partial charge in [-0.3, -0.25) is 0 Å². The van der Waals surface area contributed by atoms with E-state index in [4.69, 9.17) is 0 Å². The van der Waals surface area contributed by atoms with Gasteiger partial charge in [0.2, 0.25) is 0 Å². The van der Waals surface area contributed by atoms with E-state index in [0.29, 0.717) is 0 Å². The lowest BCUT2D eigenvalue weighted by Gasteiger charge is -2.03. The average Bonchev–Trinajstić information content (AvgIpc) is 2.87. The van der Waals surface area contributed by atoms with E-state index in [9.17, 15) is 0 Å². The predicted octanol–water partition coefficient (Wildman–Crippen LogP) is 5.69. The van der Waals surface area contributed by atoms with Crippen LogP contribution in [-0.2, 0) is 0 Å². The van der Waals surface area contributed by atoms with Crippen LogP contribution >= 0.6 is 8.19 Å². The Morgan fingerprint density at radius 3 is 2.21 bits per heavy atom. The van der Waals surface area contributed by atoms with Gasteiger partial charge in [-0.25, -0.2) is 0 Å². The molecule has 4 rings (SSSR count). The quantitative estimate of drug-likeness (QED) is 0.412. The first-order chi connectivity index (χ1) is 9.43. The van der Waals surface area contributed by atoms with Gasteiger partial charge < -0.3 is 0 Å². The Morgan fingerprint density at radius 1 is 0.579 bits per heavy atom. The summed E-state index contributed by atoms with van der Waals surface area (Å²) in [7, 11) is 0.775. The van der Waals surface area contributed by atoms with Crippen molar-refractivity contribution in [1.82, 2.24) is 0 Å². The summed E-state index contributed by atoms with van der Waals surface area (Å²) >= 11 is 0. The number of hydrogen-bond donors (Lipinski definition) is 0. The van der Waals surface area contributed by atoms with Gasteiger partial charge >= 0.3 is 0 Å². The fourth-order valence-corrected chi connectivity index (χ4v) is 4.25. The number of rotatable bonds is 1. The minimum atomic E-state index is 0.775. The first-order valence-electron chi connectivity index (χ1n) is 6.48. The Morgan fingerprint density at radius 2 is 1.32 bits per heavy atom. The molecule has 1 aromatic heterocycles. The zero-order valence-electron chi connectivity index (χ0n) is 10.4. The molecule has 0 amide bonds. The van der Waals surface area contributed by atoms with Gasteiger partial charge in [0.15, 0.2) is 0 Å². The van der Waals surface area contributed by atoms with Gasteiger partial charge in [0.1, 0.15) is 0 Å². The summed E-state index contributed by atoms with van der Waals surface area (Å²) in [6.07, 6.45) is 0. The van der Waals surface area contributed by atoms with Crippen molar-refractivity contribution in [2.45, 2.75) is 0 Å². The molecule has 0 N–H and O–H groups in total. The van der Waals surface area contributed by atoms with E-state index in [2.05, 4.69) is 72.8 Å². The molecule has 0 nitrogen and oxygen atoms in total. The van der Waals surface area contributed by atoms with Crippen molar-refractivity contribution in [2.24, 2.45) is 0 Å². The Balaban J connectivity index is 2.13. The van der Waals surface area contributed by atoms with Crippen molar-refractivity contribution in [3.05, 3.63) is 72.8 Å². The maximum absolute atomic E-state index is 2.25. The SMILES string of the molecule is c1ccc(-c2cccc3c2[pH]c2ccccc23)cc1. The van der Waals surface area contributed by atoms with Crippen LogP contribution in [0, 0.1) is 0 Å². The molecule has 0 bridgehead atoms. The van der Waals surface area contributed by atoms with Crippen LogP contribution in [0.15, 0.2) is 72.8 Å². The van der Waals surface area contributed by atoms with Crippen LogP contribution < -0.4 is 0 Å². The Labute approximate surface area is 113 Å². The molecule has 1 atom stereocenters. The van der Waals surface area contributed by atoms with E-state index < -0.39 is 0 Å². The molecule has 0 fully saturated rings. The second-order valence-electron chi connectivity index (χ2n) is 4.76. The van der Waals surface area contributed by atoms with E-state index in [1.54, 1.807) is 0 Å². The predicted molar refractivity (Wildman–Crippen MR) is 86.4 cm³/mol. The summed E-state index contributed by atoms with van der Waals surface area (Å²) in [5.74, 6) is 0. The number of benzene rings is 3. The molecule has 90 valence electrons. The Hall–Kier alpha value is -2.04. The molecule has 0 aliphatic heterocycles. The third-order valence-electron chi connectivity index (χ3n) is 3.63. The summed E-state index contributed by atoms with van der Waals surface area (Å²) in [4.78, 5) is 0. The summed E-state index contributed by atoms with van der Waals surface area (Å²) < 4.78 is 0. The lowest BCUT2D eigenvalue weighted by molar-refractivity contribution is 1.67. The molecule has 1 heterocycles. The molecule has 1 heteroatoms. The second kappa shape index (κ2) is 4.26. The van der Waals surface area contributed by atoms with Gasteiger partial charge in [-0.05, 0) is 27.0 Å². The van der Waals surface area contributed by atoms with Crippen molar-refractivity contribution < 1.29 is 0 Å². The first-order valence-corrected chi connectivity index (χ1v) is 7.48. The van der Waals surface area contributed by atoms with E-state index in [0.717, 1.165) is 8.19 Å². The van der Waals surface area contributed by atoms with Crippen molar-refractivity contribution in [3.8, 4) is 11.1 Å². The lowest BCUT2D eigenvalue weighted by atomic mass is 10.0. The largest absolute Gasteiger partial charge is 0.123 e. The van der Waals surface area contributed by atoms with Gasteiger partial charge in [-0.1, -0.05) is 72.8 Å². The molecule has 0 saturated heterocycles. The van der Waals surface area contributed by atoms with Crippen molar-refractivity contribution in [1.29, 1.82) is 0 Å². The highest BCUT2D eigenvalue weighted by Crippen LogP contribution is 2.42. The molecule has 1 unspecified atom stereocenters. The van der Waals surface area contributed by atoms with Gasteiger partial charge in [-0.2, -0.15) is 0 Å². The number of fused-ring (bicyclic) bond motifs is 3. The van der Waals surface area contributed by atoms with Crippen molar-refractivity contribution in [3.63, 3.8) is 0 Å². The molecule has 0 spiro atoms. The third kappa shape index (κ3) is 1.69. The fraction of sp³-hybridized carbons (Fsp3) is 0. The molecule has 19 heavy (non-hydrogen) atoms. The monoisotopic (exact) mass is 260 g/mol. The summed E-state index contributed by atoms with van der Waals surface area (Å²) in [5, 5.41) is 5.79. The lowest BCUT2D eigenvalue weighted by Crippen LogP contribution is -1.76. The summed E-state index contributed by atoms with van der Waals surface area (Å²) in [5.41, 5.74) is 2.70. The van der Waals surface area contributed by atoms with Crippen LogP contribution in [0.25, 0.3) is 32.1 Å². The number of hydrogen-bond acceptors (Lipinski definition) is 0. The summed E-state index contributed by atoms with van der Waals surface area (Å²) in [6, 6.07) is 26.1. The van der Waals surface area contributed by atoms with Crippen LogP contribution in [0.4, 0.5) is 0 Å².